The van der Waals surface area contributed by atoms with E-state index in [4.69, 9.17) is 10.2 Å². The molecule has 0 atom stereocenters. The molecule has 9 heteroatoms. The molecule has 0 amide bonds. The third-order valence-electron chi connectivity index (χ3n) is 4.26. The van der Waals surface area contributed by atoms with Crippen molar-refractivity contribution in [2.45, 2.75) is 25.7 Å². The van der Waals surface area contributed by atoms with Crippen molar-refractivity contribution in [1.29, 1.82) is 0 Å². The smallest absolute Gasteiger partial charge is 0.306 e. The average molecular weight is 320 g/mol. The summed E-state index contributed by atoms with van der Waals surface area (Å²) >= 11 is 0. The summed E-state index contributed by atoms with van der Waals surface area (Å²) in [6.07, 6.45) is 1.28. The Balaban J connectivity index is 1.94. The van der Waals surface area contributed by atoms with E-state index in [0.717, 1.165) is 0 Å². The highest BCUT2D eigenvalue weighted by Gasteiger charge is 2.37. The molecule has 0 spiro atoms. The van der Waals surface area contributed by atoms with Crippen molar-refractivity contribution in [1.82, 2.24) is 8.61 Å². The minimum atomic E-state index is -3.60. The van der Waals surface area contributed by atoms with E-state index in [1.54, 1.807) is 0 Å². The highest BCUT2D eigenvalue weighted by molar-refractivity contribution is 7.86. The van der Waals surface area contributed by atoms with Gasteiger partial charge in [-0.25, -0.2) is 0 Å². The Morgan fingerprint density at radius 1 is 0.762 bits per heavy atom. The minimum absolute atomic E-state index is 0.207. The number of piperidine rings is 2. The number of nitrogens with zero attached hydrogens (tertiary/aromatic N) is 2. The largest absolute Gasteiger partial charge is 0.481 e. The summed E-state index contributed by atoms with van der Waals surface area (Å²) in [5, 5.41) is 17.8. The van der Waals surface area contributed by atoms with E-state index >= 15 is 0 Å². The van der Waals surface area contributed by atoms with Gasteiger partial charge in [0.15, 0.2) is 0 Å². The topological polar surface area (TPSA) is 115 Å². The van der Waals surface area contributed by atoms with Gasteiger partial charge in [-0.05, 0) is 25.7 Å². The first-order valence-corrected chi connectivity index (χ1v) is 8.43. The minimum Gasteiger partial charge on any atom is -0.481 e. The fourth-order valence-electron chi connectivity index (χ4n) is 2.83. The van der Waals surface area contributed by atoms with Gasteiger partial charge in [0.2, 0.25) is 0 Å². The van der Waals surface area contributed by atoms with Crippen LogP contribution in [0.1, 0.15) is 25.7 Å². The van der Waals surface area contributed by atoms with E-state index < -0.39 is 34.0 Å². The zero-order valence-electron chi connectivity index (χ0n) is 11.6. The van der Waals surface area contributed by atoms with Gasteiger partial charge in [0.05, 0.1) is 11.8 Å². The number of carboxylic acids is 2. The van der Waals surface area contributed by atoms with Gasteiger partial charge < -0.3 is 10.2 Å². The third kappa shape index (κ3) is 3.53. The Kier molecular flexibility index (Phi) is 4.84. The molecule has 2 heterocycles. The lowest BCUT2D eigenvalue weighted by Gasteiger charge is -2.36. The van der Waals surface area contributed by atoms with Crippen molar-refractivity contribution < 1.29 is 28.2 Å². The molecule has 0 saturated carbocycles. The number of rotatable bonds is 4. The molecule has 0 aromatic heterocycles. The molecule has 0 bridgehead atoms. The quantitative estimate of drug-likeness (QED) is 0.743. The van der Waals surface area contributed by atoms with E-state index in [0.29, 0.717) is 25.7 Å². The molecule has 8 nitrogen and oxygen atoms in total. The molecule has 0 aliphatic carbocycles. The molecule has 2 fully saturated rings. The van der Waals surface area contributed by atoms with Crippen LogP contribution in [0.4, 0.5) is 0 Å². The monoisotopic (exact) mass is 320 g/mol. The highest BCUT2D eigenvalue weighted by atomic mass is 32.2. The van der Waals surface area contributed by atoms with Crippen LogP contribution in [0, 0.1) is 11.8 Å². The van der Waals surface area contributed by atoms with Gasteiger partial charge in [0.25, 0.3) is 10.2 Å². The van der Waals surface area contributed by atoms with Gasteiger partial charge in [0, 0.05) is 26.2 Å². The third-order valence-corrected chi connectivity index (χ3v) is 6.29. The molecule has 0 unspecified atom stereocenters. The van der Waals surface area contributed by atoms with Gasteiger partial charge in [-0.3, -0.25) is 9.59 Å². The van der Waals surface area contributed by atoms with E-state index in [-0.39, 0.29) is 26.2 Å². The Labute approximate surface area is 123 Å². The van der Waals surface area contributed by atoms with E-state index in [9.17, 15) is 18.0 Å². The molecular weight excluding hydrogens is 300 g/mol. The van der Waals surface area contributed by atoms with Crippen molar-refractivity contribution in [3.8, 4) is 0 Å². The van der Waals surface area contributed by atoms with Gasteiger partial charge in [-0.15, -0.1) is 0 Å². The molecule has 0 radical (unpaired) electrons. The maximum atomic E-state index is 12.5. The maximum Gasteiger partial charge on any atom is 0.306 e. The summed E-state index contributed by atoms with van der Waals surface area (Å²) in [5.74, 6) is -2.72. The number of aliphatic carboxylic acids is 2. The average Bonchev–Trinajstić information content (AvgIpc) is 2.47. The Hall–Kier alpha value is -1.19. The van der Waals surface area contributed by atoms with Crippen LogP contribution in [-0.4, -0.2) is 65.4 Å². The molecule has 2 saturated heterocycles. The van der Waals surface area contributed by atoms with Crippen LogP contribution in [0.25, 0.3) is 0 Å². The van der Waals surface area contributed by atoms with Crippen molar-refractivity contribution in [3.63, 3.8) is 0 Å². The van der Waals surface area contributed by atoms with Crippen LogP contribution in [-0.2, 0) is 19.8 Å². The first-order valence-electron chi connectivity index (χ1n) is 7.03. The second kappa shape index (κ2) is 6.29. The summed E-state index contributed by atoms with van der Waals surface area (Å²) in [7, 11) is -3.60. The van der Waals surface area contributed by atoms with Crippen molar-refractivity contribution in [2.75, 3.05) is 26.2 Å². The van der Waals surface area contributed by atoms with Crippen LogP contribution in [0.2, 0.25) is 0 Å². The predicted octanol–water partition coefficient (Wildman–Crippen LogP) is -0.176. The van der Waals surface area contributed by atoms with Crippen LogP contribution in [0.3, 0.4) is 0 Å². The zero-order chi connectivity index (χ0) is 15.6. The molecule has 2 aliphatic rings. The molecule has 21 heavy (non-hydrogen) atoms. The van der Waals surface area contributed by atoms with E-state index in [2.05, 4.69) is 0 Å². The predicted molar refractivity (Wildman–Crippen MR) is 72.8 cm³/mol. The lowest BCUT2D eigenvalue weighted by Crippen LogP contribution is -2.50. The molecular formula is C12H20N2O6S. The summed E-state index contributed by atoms with van der Waals surface area (Å²) in [5.41, 5.74) is 0. The molecule has 0 aromatic carbocycles. The standard InChI is InChI=1S/C12H20N2O6S/c15-11(16)9-1-5-13(6-2-9)21(19,20)14-7-3-10(4-8-14)12(17)18/h9-10H,1-8H2,(H,15,16)(H,17,18). The highest BCUT2D eigenvalue weighted by Crippen LogP contribution is 2.25. The summed E-state index contributed by atoms with van der Waals surface area (Å²) in [4.78, 5) is 21.8. The lowest BCUT2D eigenvalue weighted by molar-refractivity contribution is -0.143. The van der Waals surface area contributed by atoms with Crippen molar-refractivity contribution in [2.24, 2.45) is 11.8 Å². The summed E-state index contributed by atoms with van der Waals surface area (Å²) < 4.78 is 27.5. The van der Waals surface area contributed by atoms with Gasteiger partial charge in [0.1, 0.15) is 0 Å². The van der Waals surface area contributed by atoms with Crippen molar-refractivity contribution in [3.05, 3.63) is 0 Å². The molecule has 0 aromatic rings. The lowest BCUT2D eigenvalue weighted by atomic mass is 9.99. The van der Waals surface area contributed by atoms with Crippen LogP contribution in [0.5, 0.6) is 0 Å². The number of carboxylic acid groups (broad SMARTS) is 2. The Morgan fingerprint density at radius 2 is 1.05 bits per heavy atom. The summed E-state index contributed by atoms with van der Waals surface area (Å²) in [6.45, 7) is 0.826. The first-order chi connectivity index (χ1) is 9.82. The molecule has 120 valence electrons. The van der Waals surface area contributed by atoms with Crippen LogP contribution < -0.4 is 0 Å². The van der Waals surface area contributed by atoms with E-state index in [1.807, 2.05) is 0 Å². The SMILES string of the molecule is O=C(O)C1CCN(S(=O)(=O)N2CCC(C(=O)O)CC2)CC1. The second-order valence-electron chi connectivity index (χ2n) is 5.53. The van der Waals surface area contributed by atoms with Gasteiger partial charge >= 0.3 is 11.9 Å². The second-order valence-corrected chi connectivity index (χ2v) is 7.46. The van der Waals surface area contributed by atoms with Crippen molar-refractivity contribution >= 4 is 22.1 Å². The molecule has 2 aliphatic heterocycles. The van der Waals surface area contributed by atoms with Gasteiger partial charge in [-0.1, -0.05) is 0 Å². The van der Waals surface area contributed by atoms with Gasteiger partial charge in [-0.2, -0.15) is 17.0 Å². The maximum absolute atomic E-state index is 12.5. The number of hydrogen-bond acceptors (Lipinski definition) is 4. The zero-order valence-corrected chi connectivity index (χ0v) is 12.5. The van der Waals surface area contributed by atoms with Crippen LogP contribution in [0.15, 0.2) is 0 Å². The Bertz CT molecular complexity index is 464. The first kappa shape index (κ1) is 16.2. The number of hydrogen-bond donors (Lipinski definition) is 2. The fraction of sp³-hybridized carbons (Fsp3) is 0.833. The fourth-order valence-corrected chi connectivity index (χ4v) is 4.50. The normalized spacial score (nSPS) is 24.0. The Morgan fingerprint density at radius 3 is 1.29 bits per heavy atom. The molecule has 2 rings (SSSR count). The summed E-state index contributed by atoms with van der Waals surface area (Å²) in [6, 6.07) is 0. The number of carbonyl (C=O) groups is 2. The molecule has 2 N–H and O–H groups in total. The van der Waals surface area contributed by atoms with Crippen LogP contribution >= 0.6 is 0 Å². The van der Waals surface area contributed by atoms with E-state index in [1.165, 1.54) is 8.61 Å².